The third-order valence-corrected chi connectivity index (χ3v) is 4.53. The number of benzene rings is 2. The van der Waals surface area contributed by atoms with Crippen molar-refractivity contribution >= 4 is 41.4 Å². The van der Waals surface area contributed by atoms with Gasteiger partial charge < -0.3 is 21.7 Å². The molecule has 0 heterocycles. The molecule has 27 heavy (non-hydrogen) atoms. The van der Waals surface area contributed by atoms with E-state index in [1.165, 1.54) is 0 Å². The summed E-state index contributed by atoms with van der Waals surface area (Å²) in [5.41, 5.74) is 8.03. The van der Waals surface area contributed by atoms with Crippen LogP contribution in [0.15, 0.2) is 54.6 Å². The van der Waals surface area contributed by atoms with Gasteiger partial charge in [0.25, 0.3) is 0 Å². The van der Waals surface area contributed by atoms with Crippen molar-refractivity contribution in [2.24, 2.45) is 11.7 Å². The first-order valence-corrected chi connectivity index (χ1v) is 8.90. The van der Waals surface area contributed by atoms with Gasteiger partial charge in [0.2, 0.25) is 5.91 Å². The SMILES string of the molecule is Cl.NC1CCCC(C(=O)Nc2ccc(NC(=O)Nc3ccccc3)cc2)C1. The minimum atomic E-state index is -0.316. The molecule has 7 heteroatoms. The van der Waals surface area contributed by atoms with Gasteiger partial charge >= 0.3 is 6.03 Å². The minimum absolute atomic E-state index is 0. The number of nitrogens with two attached hydrogens (primary N) is 1. The van der Waals surface area contributed by atoms with Crippen LogP contribution in [0.2, 0.25) is 0 Å². The number of amides is 3. The number of rotatable bonds is 4. The van der Waals surface area contributed by atoms with Gasteiger partial charge in [-0.2, -0.15) is 0 Å². The van der Waals surface area contributed by atoms with Gasteiger partial charge in [0.05, 0.1) is 0 Å². The lowest BCUT2D eigenvalue weighted by atomic mass is 9.85. The molecule has 2 aromatic carbocycles. The van der Waals surface area contributed by atoms with Gasteiger partial charge in [-0.25, -0.2) is 4.79 Å². The molecule has 2 atom stereocenters. The predicted octanol–water partition coefficient (Wildman–Crippen LogP) is 4.21. The van der Waals surface area contributed by atoms with Crippen molar-refractivity contribution in [1.29, 1.82) is 0 Å². The Morgan fingerprint density at radius 2 is 1.37 bits per heavy atom. The van der Waals surface area contributed by atoms with Crippen LogP contribution in [0.4, 0.5) is 21.9 Å². The zero-order chi connectivity index (χ0) is 18.4. The highest BCUT2D eigenvalue weighted by molar-refractivity contribution is 6.00. The summed E-state index contributed by atoms with van der Waals surface area (Å²) in [6.07, 6.45) is 3.62. The number of urea groups is 1. The van der Waals surface area contributed by atoms with E-state index in [1.807, 2.05) is 30.3 Å². The number of halogens is 1. The van der Waals surface area contributed by atoms with E-state index in [0.717, 1.165) is 31.4 Å². The van der Waals surface area contributed by atoms with Crippen LogP contribution in [0.1, 0.15) is 25.7 Å². The lowest BCUT2D eigenvalue weighted by molar-refractivity contribution is -0.120. The first-order valence-electron chi connectivity index (χ1n) is 8.90. The van der Waals surface area contributed by atoms with Crippen LogP contribution < -0.4 is 21.7 Å². The molecule has 3 amide bonds. The van der Waals surface area contributed by atoms with Crippen molar-refractivity contribution < 1.29 is 9.59 Å². The van der Waals surface area contributed by atoms with Crippen molar-refractivity contribution in [3.05, 3.63) is 54.6 Å². The number of carbonyl (C=O) groups is 2. The normalized spacial score (nSPS) is 18.7. The van der Waals surface area contributed by atoms with Gasteiger partial charge in [-0.1, -0.05) is 24.6 Å². The van der Waals surface area contributed by atoms with E-state index in [9.17, 15) is 9.59 Å². The summed E-state index contributed by atoms with van der Waals surface area (Å²) < 4.78 is 0. The van der Waals surface area contributed by atoms with Gasteiger partial charge in [0, 0.05) is 29.0 Å². The predicted molar refractivity (Wildman–Crippen MR) is 111 cm³/mol. The number of nitrogens with one attached hydrogen (secondary N) is 3. The Kier molecular flexibility index (Phi) is 7.64. The van der Waals surface area contributed by atoms with E-state index >= 15 is 0 Å². The molecule has 0 bridgehead atoms. The number of hydrogen-bond acceptors (Lipinski definition) is 3. The monoisotopic (exact) mass is 388 g/mol. The summed E-state index contributed by atoms with van der Waals surface area (Å²) in [6, 6.07) is 16.1. The molecule has 3 rings (SSSR count). The molecule has 1 fully saturated rings. The van der Waals surface area contributed by atoms with E-state index in [-0.39, 0.29) is 36.3 Å². The maximum Gasteiger partial charge on any atom is 0.323 e. The number of para-hydroxylation sites is 1. The summed E-state index contributed by atoms with van der Waals surface area (Å²) in [5, 5.41) is 8.44. The van der Waals surface area contributed by atoms with Crippen LogP contribution in [0, 0.1) is 5.92 Å². The minimum Gasteiger partial charge on any atom is -0.328 e. The average Bonchev–Trinajstić information content (AvgIpc) is 2.64. The lowest BCUT2D eigenvalue weighted by Crippen LogP contribution is -2.34. The van der Waals surface area contributed by atoms with Gasteiger partial charge in [0.1, 0.15) is 0 Å². The molecule has 0 saturated heterocycles. The second kappa shape index (κ2) is 9.94. The fourth-order valence-corrected chi connectivity index (χ4v) is 3.16. The lowest BCUT2D eigenvalue weighted by Gasteiger charge is -2.25. The number of carbonyl (C=O) groups excluding carboxylic acids is 2. The third-order valence-electron chi connectivity index (χ3n) is 4.53. The summed E-state index contributed by atoms with van der Waals surface area (Å²) in [6.45, 7) is 0. The molecule has 6 nitrogen and oxygen atoms in total. The highest BCUT2D eigenvalue weighted by Crippen LogP contribution is 2.25. The van der Waals surface area contributed by atoms with Crippen molar-refractivity contribution in [2.45, 2.75) is 31.7 Å². The summed E-state index contributed by atoms with van der Waals surface area (Å²) >= 11 is 0. The maximum absolute atomic E-state index is 12.3. The molecule has 0 aromatic heterocycles. The largest absolute Gasteiger partial charge is 0.328 e. The van der Waals surface area contributed by atoms with Crippen LogP contribution in [-0.4, -0.2) is 18.0 Å². The Morgan fingerprint density at radius 1 is 0.815 bits per heavy atom. The summed E-state index contributed by atoms with van der Waals surface area (Å²) in [4.78, 5) is 24.3. The van der Waals surface area contributed by atoms with Crippen molar-refractivity contribution in [1.82, 2.24) is 0 Å². The Balaban J connectivity index is 0.00000261. The Hall–Kier alpha value is -2.57. The molecule has 1 saturated carbocycles. The fourth-order valence-electron chi connectivity index (χ4n) is 3.16. The second-order valence-corrected chi connectivity index (χ2v) is 6.64. The van der Waals surface area contributed by atoms with E-state index in [0.29, 0.717) is 11.4 Å². The van der Waals surface area contributed by atoms with E-state index < -0.39 is 0 Å². The summed E-state index contributed by atoms with van der Waals surface area (Å²) in [7, 11) is 0. The molecule has 2 aromatic rings. The third kappa shape index (κ3) is 6.27. The molecule has 5 N–H and O–H groups in total. The Bertz CT molecular complexity index is 752. The van der Waals surface area contributed by atoms with Crippen molar-refractivity contribution in [2.75, 3.05) is 16.0 Å². The second-order valence-electron chi connectivity index (χ2n) is 6.64. The zero-order valence-corrected chi connectivity index (χ0v) is 15.8. The van der Waals surface area contributed by atoms with E-state index in [2.05, 4.69) is 16.0 Å². The quantitative estimate of drug-likeness (QED) is 0.631. The Morgan fingerprint density at radius 3 is 1.96 bits per heavy atom. The fraction of sp³-hybridized carbons (Fsp3) is 0.300. The number of anilines is 3. The highest BCUT2D eigenvalue weighted by atomic mass is 35.5. The van der Waals surface area contributed by atoms with Gasteiger partial charge in [-0.15, -0.1) is 12.4 Å². The molecular weight excluding hydrogens is 364 g/mol. The maximum atomic E-state index is 12.3. The zero-order valence-electron chi connectivity index (χ0n) is 15.0. The van der Waals surface area contributed by atoms with Crippen LogP contribution in [0.25, 0.3) is 0 Å². The molecule has 0 aliphatic heterocycles. The molecule has 0 spiro atoms. The molecule has 144 valence electrons. The van der Waals surface area contributed by atoms with Crippen LogP contribution in [0.5, 0.6) is 0 Å². The van der Waals surface area contributed by atoms with Gasteiger partial charge in [-0.05, 0) is 55.7 Å². The molecule has 1 aliphatic rings. The highest BCUT2D eigenvalue weighted by Gasteiger charge is 2.25. The van der Waals surface area contributed by atoms with E-state index in [4.69, 9.17) is 5.73 Å². The molecule has 1 aliphatic carbocycles. The van der Waals surface area contributed by atoms with E-state index in [1.54, 1.807) is 24.3 Å². The smallest absolute Gasteiger partial charge is 0.323 e. The van der Waals surface area contributed by atoms with Gasteiger partial charge in [0.15, 0.2) is 0 Å². The standard InChI is InChI=1S/C20H24N4O2.ClH/c21-15-6-4-5-14(13-15)19(25)22-17-9-11-18(12-10-17)24-20(26)23-16-7-2-1-3-8-16;/h1-3,7-12,14-15H,4-6,13,21H2,(H,22,25)(H2,23,24,26);1H. The van der Waals surface area contributed by atoms with Gasteiger partial charge in [-0.3, -0.25) is 4.79 Å². The Labute approximate surface area is 165 Å². The van der Waals surface area contributed by atoms with Crippen LogP contribution >= 0.6 is 12.4 Å². The van der Waals surface area contributed by atoms with Crippen molar-refractivity contribution in [3.63, 3.8) is 0 Å². The molecule has 0 radical (unpaired) electrons. The molecular formula is C20H25ClN4O2. The van der Waals surface area contributed by atoms with Crippen LogP contribution in [-0.2, 0) is 4.79 Å². The topological polar surface area (TPSA) is 96.2 Å². The summed E-state index contributed by atoms with van der Waals surface area (Å²) in [5.74, 6) is -0.00381. The van der Waals surface area contributed by atoms with Crippen molar-refractivity contribution in [3.8, 4) is 0 Å². The average molecular weight is 389 g/mol. The van der Waals surface area contributed by atoms with Crippen LogP contribution in [0.3, 0.4) is 0 Å². The molecule has 2 unspecified atom stereocenters. The number of hydrogen-bond donors (Lipinski definition) is 4. The first kappa shape index (κ1) is 20.7. The first-order chi connectivity index (χ1) is 12.6.